The summed E-state index contributed by atoms with van der Waals surface area (Å²) in [5, 5.41) is 10.2. The Kier molecular flexibility index (Phi) is 4.10. The summed E-state index contributed by atoms with van der Waals surface area (Å²) in [6, 6.07) is 0. The summed E-state index contributed by atoms with van der Waals surface area (Å²) in [6.07, 6.45) is 7.92. The predicted molar refractivity (Wildman–Crippen MR) is 90.1 cm³/mol. The van der Waals surface area contributed by atoms with Crippen LogP contribution < -0.4 is 0 Å². The number of amides is 2. The van der Waals surface area contributed by atoms with E-state index in [4.69, 9.17) is 0 Å². The van der Waals surface area contributed by atoms with E-state index in [9.17, 15) is 14.7 Å². The van der Waals surface area contributed by atoms with Gasteiger partial charge in [0.1, 0.15) is 0 Å². The van der Waals surface area contributed by atoms with E-state index in [1.54, 1.807) is 4.90 Å². The molecule has 4 bridgehead atoms. The second-order valence-corrected chi connectivity index (χ2v) is 9.05. The zero-order valence-electron chi connectivity index (χ0n) is 14.7. The van der Waals surface area contributed by atoms with Crippen LogP contribution in [0.25, 0.3) is 0 Å². The van der Waals surface area contributed by atoms with Crippen molar-refractivity contribution in [3.8, 4) is 0 Å². The molecule has 0 aromatic rings. The summed E-state index contributed by atoms with van der Waals surface area (Å²) >= 11 is 0. The maximum absolute atomic E-state index is 13.0. The lowest BCUT2D eigenvalue weighted by Crippen LogP contribution is -2.49. The van der Waals surface area contributed by atoms with Gasteiger partial charge in [0, 0.05) is 39.5 Å². The largest absolute Gasteiger partial charge is 0.389 e. The van der Waals surface area contributed by atoms with Crippen LogP contribution in [0, 0.1) is 23.2 Å². The first-order chi connectivity index (χ1) is 11.4. The fraction of sp³-hybridized carbons (Fsp3) is 0.895. The van der Waals surface area contributed by atoms with E-state index in [1.165, 1.54) is 45.4 Å². The van der Waals surface area contributed by atoms with E-state index >= 15 is 0 Å². The number of carbonyl (C=O) groups is 2. The summed E-state index contributed by atoms with van der Waals surface area (Å²) in [4.78, 5) is 28.0. The predicted octanol–water partition coefficient (Wildman–Crippen LogP) is 1.64. The molecular weight excluding hydrogens is 304 g/mol. The molecule has 1 N–H and O–H groups in total. The molecule has 0 aromatic carbocycles. The molecule has 5 nitrogen and oxygen atoms in total. The van der Waals surface area contributed by atoms with Gasteiger partial charge in [-0.2, -0.15) is 0 Å². The van der Waals surface area contributed by atoms with Gasteiger partial charge in [-0.15, -0.1) is 0 Å². The van der Waals surface area contributed by atoms with Crippen LogP contribution in [0.15, 0.2) is 0 Å². The summed E-state index contributed by atoms with van der Waals surface area (Å²) in [7, 11) is 0. The molecule has 4 saturated carbocycles. The molecule has 24 heavy (non-hydrogen) atoms. The molecule has 5 heteroatoms. The van der Waals surface area contributed by atoms with Crippen molar-refractivity contribution in [2.75, 3.05) is 26.2 Å². The number of carbonyl (C=O) groups excluding carboxylic acids is 2. The van der Waals surface area contributed by atoms with E-state index in [0.717, 1.165) is 17.8 Å². The molecule has 1 aliphatic heterocycles. The third-order valence-electron chi connectivity index (χ3n) is 6.99. The minimum atomic E-state index is -0.628. The van der Waals surface area contributed by atoms with Crippen molar-refractivity contribution in [2.24, 2.45) is 23.2 Å². The normalized spacial score (nSPS) is 41.4. The number of rotatable bonds is 2. The summed E-state index contributed by atoms with van der Waals surface area (Å²) in [5.74, 6) is 2.73. The molecule has 1 heterocycles. The van der Waals surface area contributed by atoms with E-state index in [2.05, 4.69) is 0 Å². The number of aliphatic hydroxyl groups excluding tert-OH is 1. The van der Waals surface area contributed by atoms with Gasteiger partial charge in [0.05, 0.1) is 6.10 Å². The van der Waals surface area contributed by atoms with Crippen LogP contribution in [0.2, 0.25) is 0 Å². The molecular formula is C19H30N2O3. The van der Waals surface area contributed by atoms with Crippen LogP contribution >= 0.6 is 0 Å². The van der Waals surface area contributed by atoms with Crippen molar-refractivity contribution in [2.45, 2.75) is 58.0 Å². The Morgan fingerprint density at radius 2 is 1.46 bits per heavy atom. The molecule has 1 saturated heterocycles. The smallest absolute Gasteiger partial charge is 0.223 e. The van der Waals surface area contributed by atoms with Crippen molar-refractivity contribution in [3.05, 3.63) is 0 Å². The molecule has 5 fully saturated rings. The van der Waals surface area contributed by atoms with Gasteiger partial charge in [0.25, 0.3) is 0 Å². The highest BCUT2D eigenvalue weighted by atomic mass is 16.3. The second-order valence-electron chi connectivity index (χ2n) is 9.05. The Labute approximate surface area is 144 Å². The summed E-state index contributed by atoms with van der Waals surface area (Å²) in [5.41, 5.74) is 0.239. The van der Waals surface area contributed by atoms with Crippen LogP contribution in [0.5, 0.6) is 0 Å². The third-order valence-corrected chi connectivity index (χ3v) is 6.99. The lowest BCUT2D eigenvalue weighted by atomic mass is 9.49. The fourth-order valence-electron chi connectivity index (χ4n) is 6.44. The number of β-amino-alcohol motifs (C(OH)–C–C–N with tert-alkyl or cyclic N) is 1. The molecule has 0 spiro atoms. The lowest BCUT2D eigenvalue weighted by molar-refractivity contribution is -0.140. The SMILES string of the molecule is CC(=O)N1CCN(C(=O)CC23CC4CC(CC(C4)C2)C3)CC(O)C1. The highest BCUT2D eigenvalue weighted by Gasteiger charge is 2.51. The molecule has 1 atom stereocenters. The van der Waals surface area contributed by atoms with Crippen molar-refractivity contribution in [1.29, 1.82) is 0 Å². The fourth-order valence-corrected chi connectivity index (χ4v) is 6.44. The molecule has 4 aliphatic carbocycles. The van der Waals surface area contributed by atoms with Crippen molar-refractivity contribution < 1.29 is 14.7 Å². The molecule has 0 radical (unpaired) electrons. The average Bonchev–Trinajstić information content (AvgIpc) is 2.67. The Morgan fingerprint density at radius 1 is 0.958 bits per heavy atom. The van der Waals surface area contributed by atoms with Gasteiger partial charge in [-0.25, -0.2) is 0 Å². The Balaban J connectivity index is 1.42. The average molecular weight is 334 g/mol. The zero-order chi connectivity index (χ0) is 16.9. The molecule has 5 rings (SSSR count). The quantitative estimate of drug-likeness (QED) is 0.835. The molecule has 0 aromatic heterocycles. The van der Waals surface area contributed by atoms with Crippen LogP contribution in [-0.4, -0.2) is 59.0 Å². The Morgan fingerprint density at radius 3 is 2.00 bits per heavy atom. The first-order valence-corrected chi connectivity index (χ1v) is 9.64. The standard InChI is InChI=1S/C19H30N2O3/c1-13(22)20-2-3-21(12-17(23)11-20)18(24)10-19-7-14-4-15(8-19)6-16(5-14)9-19/h14-17,23H,2-12H2,1H3. The molecule has 134 valence electrons. The summed E-state index contributed by atoms with van der Waals surface area (Å²) < 4.78 is 0. The van der Waals surface area contributed by atoms with Gasteiger partial charge >= 0.3 is 0 Å². The van der Waals surface area contributed by atoms with E-state index in [0.29, 0.717) is 32.6 Å². The topological polar surface area (TPSA) is 60.9 Å². The molecule has 1 unspecified atom stereocenters. The third kappa shape index (κ3) is 3.07. The minimum absolute atomic E-state index is 0.0237. The maximum atomic E-state index is 13.0. The van der Waals surface area contributed by atoms with Crippen LogP contribution in [0.3, 0.4) is 0 Å². The first kappa shape index (κ1) is 16.4. The summed E-state index contributed by atoms with van der Waals surface area (Å²) in [6.45, 7) is 3.34. The lowest BCUT2D eigenvalue weighted by Gasteiger charge is -2.57. The number of aliphatic hydroxyl groups is 1. The van der Waals surface area contributed by atoms with Gasteiger partial charge in [-0.3, -0.25) is 9.59 Å². The van der Waals surface area contributed by atoms with E-state index < -0.39 is 6.10 Å². The van der Waals surface area contributed by atoms with Crippen molar-refractivity contribution >= 4 is 11.8 Å². The van der Waals surface area contributed by atoms with E-state index in [1.807, 2.05) is 4.90 Å². The van der Waals surface area contributed by atoms with Crippen molar-refractivity contribution in [1.82, 2.24) is 9.80 Å². The highest BCUT2D eigenvalue weighted by Crippen LogP contribution is 2.61. The van der Waals surface area contributed by atoms with E-state index in [-0.39, 0.29) is 17.2 Å². The second kappa shape index (κ2) is 6.01. The van der Waals surface area contributed by atoms with Gasteiger partial charge in [0.2, 0.25) is 11.8 Å². The van der Waals surface area contributed by atoms with Gasteiger partial charge < -0.3 is 14.9 Å². The van der Waals surface area contributed by atoms with Gasteiger partial charge in [-0.1, -0.05) is 0 Å². The van der Waals surface area contributed by atoms with Crippen LogP contribution in [0.4, 0.5) is 0 Å². The Bertz CT molecular complexity index is 497. The van der Waals surface area contributed by atoms with Crippen LogP contribution in [0.1, 0.15) is 51.9 Å². The maximum Gasteiger partial charge on any atom is 0.223 e. The van der Waals surface area contributed by atoms with Crippen molar-refractivity contribution in [3.63, 3.8) is 0 Å². The Hall–Kier alpha value is -1.10. The monoisotopic (exact) mass is 334 g/mol. The molecule has 2 amide bonds. The number of hydrogen-bond donors (Lipinski definition) is 1. The first-order valence-electron chi connectivity index (χ1n) is 9.64. The number of nitrogens with zero attached hydrogens (tertiary/aromatic N) is 2. The van der Waals surface area contributed by atoms with Gasteiger partial charge in [-0.05, 0) is 61.7 Å². The highest BCUT2D eigenvalue weighted by molar-refractivity contribution is 5.77. The van der Waals surface area contributed by atoms with Gasteiger partial charge in [0.15, 0.2) is 0 Å². The minimum Gasteiger partial charge on any atom is -0.389 e. The number of hydrogen-bond acceptors (Lipinski definition) is 3. The molecule has 5 aliphatic rings. The zero-order valence-corrected chi connectivity index (χ0v) is 14.7. The van der Waals surface area contributed by atoms with Crippen LogP contribution in [-0.2, 0) is 9.59 Å².